The smallest absolute Gasteiger partial charge is 0.236 e. The summed E-state index contributed by atoms with van der Waals surface area (Å²) < 4.78 is 5.12. The van der Waals surface area contributed by atoms with E-state index >= 15 is 0 Å². The third-order valence-corrected chi connectivity index (χ3v) is 3.88. The molecule has 6 heteroatoms. The summed E-state index contributed by atoms with van der Waals surface area (Å²) in [6.45, 7) is 1.79. The van der Waals surface area contributed by atoms with Crippen molar-refractivity contribution in [2.24, 2.45) is 0 Å². The van der Waals surface area contributed by atoms with Crippen LogP contribution in [-0.4, -0.2) is 18.1 Å². The molecule has 0 fully saturated rings. The average molecular weight is 325 g/mol. The number of nitriles is 1. The van der Waals surface area contributed by atoms with Crippen molar-refractivity contribution in [2.45, 2.75) is 25.4 Å². The predicted molar refractivity (Wildman–Crippen MR) is 91.6 cm³/mol. The summed E-state index contributed by atoms with van der Waals surface area (Å²) in [6.07, 6.45) is 0.390. The van der Waals surface area contributed by atoms with E-state index in [1.807, 2.05) is 12.1 Å². The molecule has 0 aromatic heterocycles. The average Bonchev–Trinajstić information content (AvgIpc) is 2.62. The summed E-state index contributed by atoms with van der Waals surface area (Å²) >= 11 is 0. The summed E-state index contributed by atoms with van der Waals surface area (Å²) in [5.74, 6) is 0.719. The monoisotopic (exact) mass is 325 g/mol. The molecule has 2 aromatic rings. The first kappa shape index (κ1) is 17.3. The number of methoxy groups -OCH3 is 1. The molecule has 0 spiro atoms. The minimum absolute atomic E-state index is 0.264. The second-order valence-corrected chi connectivity index (χ2v) is 5.35. The van der Waals surface area contributed by atoms with Gasteiger partial charge in [0.15, 0.2) is 0 Å². The minimum atomic E-state index is -0.778. The molecular weight excluding hydrogens is 306 g/mol. The number of rotatable bonds is 7. The zero-order chi connectivity index (χ0) is 17.5. The molecule has 2 aromatic carbocycles. The first-order valence-electron chi connectivity index (χ1n) is 7.63. The Kier molecular flexibility index (Phi) is 5.74. The van der Waals surface area contributed by atoms with E-state index in [0.29, 0.717) is 12.0 Å². The fourth-order valence-corrected chi connectivity index (χ4v) is 2.54. The van der Waals surface area contributed by atoms with Crippen LogP contribution in [0.15, 0.2) is 48.5 Å². The summed E-state index contributed by atoms with van der Waals surface area (Å²) in [4.78, 5) is 11.2. The van der Waals surface area contributed by atoms with Gasteiger partial charge in [-0.25, -0.2) is 0 Å². The van der Waals surface area contributed by atoms with Crippen LogP contribution in [0.2, 0.25) is 0 Å². The van der Waals surface area contributed by atoms with Gasteiger partial charge in [-0.3, -0.25) is 10.1 Å². The van der Waals surface area contributed by atoms with Gasteiger partial charge in [-0.2, -0.15) is 5.26 Å². The molecule has 24 heavy (non-hydrogen) atoms. The van der Waals surface area contributed by atoms with E-state index in [1.165, 1.54) is 0 Å². The molecule has 0 heterocycles. The summed E-state index contributed by atoms with van der Waals surface area (Å²) in [7, 11) is 1.59. The summed E-state index contributed by atoms with van der Waals surface area (Å²) in [5.41, 5.74) is 2.06. The topological polar surface area (TPSA) is 88.2 Å². The van der Waals surface area contributed by atoms with Crippen LogP contribution in [0.3, 0.4) is 0 Å². The van der Waals surface area contributed by atoms with Crippen LogP contribution < -0.4 is 10.1 Å². The fraction of sp³-hybridized carbons (Fsp3) is 0.278. The highest BCUT2D eigenvalue weighted by Gasteiger charge is 2.31. The molecule has 6 nitrogen and oxygen atoms in total. The van der Waals surface area contributed by atoms with Crippen LogP contribution in [0.4, 0.5) is 5.69 Å². The van der Waals surface area contributed by atoms with E-state index in [4.69, 9.17) is 10.00 Å². The van der Waals surface area contributed by atoms with E-state index in [0.717, 1.165) is 17.0 Å². The predicted octanol–water partition coefficient (Wildman–Crippen LogP) is 3.78. The molecule has 2 rings (SSSR count). The third kappa shape index (κ3) is 4.02. The molecule has 2 atom stereocenters. The van der Waals surface area contributed by atoms with Crippen molar-refractivity contribution >= 4 is 5.69 Å². The van der Waals surface area contributed by atoms with Crippen molar-refractivity contribution < 1.29 is 9.66 Å². The molecule has 0 amide bonds. The molecule has 0 aliphatic carbocycles. The van der Waals surface area contributed by atoms with E-state index in [2.05, 4.69) is 11.4 Å². The standard InChI is InChI=1S/C18H19N3O3/c1-3-17(21(22)23)18(14-6-4-13(12-19)5-7-14)20-15-8-10-16(24-2)11-9-15/h4-11,17-18,20H,3H2,1-2H3/t17-,18+/m1/s1. The number of nitro groups is 1. The number of benzene rings is 2. The van der Waals surface area contributed by atoms with E-state index in [-0.39, 0.29) is 4.92 Å². The second-order valence-electron chi connectivity index (χ2n) is 5.35. The first-order valence-corrected chi connectivity index (χ1v) is 7.63. The number of nitrogens with one attached hydrogen (secondary N) is 1. The van der Waals surface area contributed by atoms with Gasteiger partial charge in [-0.05, 0) is 42.0 Å². The van der Waals surface area contributed by atoms with Gasteiger partial charge in [-0.1, -0.05) is 19.1 Å². The SMILES string of the molecule is CC[C@H]([C@@H](Nc1ccc(OC)cc1)c1ccc(C#N)cc1)[N+](=O)[O-]. The Hall–Kier alpha value is -3.07. The zero-order valence-electron chi connectivity index (χ0n) is 13.6. The Balaban J connectivity index is 2.33. The zero-order valence-corrected chi connectivity index (χ0v) is 13.6. The Morgan fingerprint density at radius 2 is 1.83 bits per heavy atom. The third-order valence-electron chi connectivity index (χ3n) is 3.88. The van der Waals surface area contributed by atoms with Gasteiger partial charge in [0.05, 0.1) is 18.7 Å². The Labute approximate surface area is 140 Å². The Morgan fingerprint density at radius 1 is 1.21 bits per heavy atom. The van der Waals surface area contributed by atoms with Gasteiger partial charge in [0.25, 0.3) is 0 Å². The highest BCUT2D eigenvalue weighted by atomic mass is 16.6. The first-order chi connectivity index (χ1) is 11.6. The molecule has 0 aliphatic heterocycles. The number of hydrogen-bond donors (Lipinski definition) is 1. The number of ether oxygens (including phenoxy) is 1. The maximum absolute atomic E-state index is 11.5. The summed E-state index contributed by atoms with van der Waals surface area (Å²) in [5, 5.41) is 23.6. The largest absolute Gasteiger partial charge is 0.497 e. The maximum Gasteiger partial charge on any atom is 0.236 e. The minimum Gasteiger partial charge on any atom is -0.497 e. The lowest BCUT2D eigenvalue weighted by atomic mass is 9.96. The van der Waals surface area contributed by atoms with E-state index < -0.39 is 12.1 Å². The van der Waals surface area contributed by atoms with Crippen LogP contribution in [0.5, 0.6) is 5.75 Å². The van der Waals surface area contributed by atoms with Crippen molar-refractivity contribution in [1.29, 1.82) is 5.26 Å². The highest BCUT2D eigenvalue weighted by Crippen LogP contribution is 2.27. The molecular formula is C18H19N3O3. The van der Waals surface area contributed by atoms with Crippen LogP contribution in [0.1, 0.15) is 30.5 Å². The molecule has 0 unspecified atom stereocenters. The molecule has 0 saturated heterocycles. The lowest BCUT2D eigenvalue weighted by Crippen LogP contribution is -2.32. The number of anilines is 1. The van der Waals surface area contributed by atoms with Gasteiger partial charge < -0.3 is 10.1 Å². The Bertz CT molecular complexity index is 721. The van der Waals surface area contributed by atoms with Crippen molar-refractivity contribution in [3.8, 4) is 11.8 Å². The summed E-state index contributed by atoms with van der Waals surface area (Å²) in [6, 6.07) is 14.9. The van der Waals surface area contributed by atoms with Gasteiger partial charge in [0, 0.05) is 17.0 Å². The van der Waals surface area contributed by atoms with Crippen LogP contribution >= 0.6 is 0 Å². The maximum atomic E-state index is 11.5. The second kappa shape index (κ2) is 7.97. The molecule has 0 radical (unpaired) electrons. The van der Waals surface area contributed by atoms with Crippen LogP contribution in [0.25, 0.3) is 0 Å². The highest BCUT2D eigenvalue weighted by molar-refractivity contribution is 5.49. The van der Waals surface area contributed by atoms with E-state index in [1.54, 1.807) is 50.4 Å². The van der Waals surface area contributed by atoms with Crippen molar-refractivity contribution in [1.82, 2.24) is 0 Å². The van der Waals surface area contributed by atoms with Crippen molar-refractivity contribution in [3.05, 3.63) is 69.8 Å². The molecule has 1 N–H and O–H groups in total. The molecule has 0 aliphatic rings. The van der Waals surface area contributed by atoms with Gasteiger partial charge in [0.1, 0.15) is 11.8 Å². The van der Waals surface area contributed by atoms with Gasteiger partial charge in [-0.15, -0.1) is 0 Å². The quantitative estimate of drug-likeness (QED) is 0.618. The van der Waals surface area contributed by atoms with Crippen molar-refractivity contribution in [2.75, 3.05) is 12.4 Å². The van der Waals surface area contributed by atoms with Crippen molar-refractivity contribution in [3.63, 3.8) is 0 Å². The van der Waals surface area contributed by atoms with E-state index in [9.17, 15) is 10.1 Å². The molecule has 0 saturated carbocycles. The Morgan fingerprint density at radius 3 is 2.29 bits per heavy atom. The number of hydrogen-bond acceptors (Lipinski definition) is 5. The van der Waals surface area contributed by atoms with Crippen LogP contribution in [-0.2, 0) is 0 Å². The van der Waals surface area contributed by atoms with Gasteiger partial charge in [0.2, 0.25) is 6.04 Å². The normalized spacial score (nSPS) is 12.7. The lowest BCUT2D eigenvalue weighted by molar-refractivity contribution is -0.526. The fourth-order valence-electron chi connectivity index (χ4n) is 2.54. The number of nitrogens with zero attached hydrogens (tertiary/aromatic N) is 2. The van der Waals surface area contributed by atoms with Crippen LogP contribution in [0, 0.1) is 21.4 Å². The lowest BCUT2D eigenvalue weighted by Gasteiger charge is -2.23. The molecule has 0 bridgehead atoms. The molecule has 124 valence electrons. The van der Waals surface area contributed by atoms with Gasteiger partial charge >= 0.3 is 0 Å².